The molecule has 0 spiro atoms. The fraction of sp³-hybridized carbons (Fsp3) is 0.667. The summed E-state index contributed by atoms with van der Waals surface area (Å²) in [5.41, 5.74) is 2.71. The van der Waals surface area contributed by atoms with Crippen LogP contribution in [0.25, 0.3) is 0 Å². The van der Waals surface area contributed by atoms with Crippen molar-refractivity contribution in [2.24, 2.45) is 0 Å². The largest absolute Gasteiger partial charge is 0.313 e. The van der Waals surface area contributed by atoms with Crippen LogP contribution in [0.3, 0.4) is 0 Å². The Hall–Kier alpha value is -1.13. The molecule has 1 heterocycles. The van der Waals surface area contributed by atoms with Crippen LogP contribution in [0, 0.1) is 0 Å². The normalized spacial score (nSPS) is 18.6. The van der Waals surface area contributed by atoms with Gasteiger partial charge in [0.15, 0.2) is 0 Å². The Morgan fingerprint density at radius 1 is 1.42 bits per heavy atom. The molecule has 0 fully saturated rings. The summed E-state index contributed by atoms with van der Waals surface area (Å²) < 4.78 is 1.99. The van der Waals surface area contributed by atoms with E-state index < -0.39 is 0 Å². The van der Waals surface area contributed by atoms with Crippen molar-refractivity contribution in [2.75, 3.05) is 27.7 Å². The fourth-order valence-electron chi connectivity index (χ4n) is 2.95. The molecule has 1 aromatic heterocycles. The van der Waals surface area contributed by atoms with E-state index in [1.807, 2.05) is 17.7 Å². The van der Waals surface area contributed by atoms with Crippen LogP contribution in [0.4, 0.5) is 0 Å². The predicted octanol–water partition coefficient (Wildman–Crippen LogP) is 1.40. The molecule has 1 aliphatic carbocycles. The van der Waals surface area contributed by atoms with Crippen molar-refractivity contribution < 1.29 is 0 Å². The molecule has 0 radical (unpaired) electrons. The molecule has 1 aromatic rings. The van der Waals surface area contributed by atoms with Crippen LogP contribution in [0.1, 0.15) is 36.6 Å². The van der Waals surface area contributed by atoms with Crippen molar-refractivity contribution in [1.29, 1.82) is 0 Å². The van der Waals surface area contributed by atoms with E-state index in [0.29, 0.717) is 6.04 Å². The van der Waals surface area contributed by atoms with Gasteiger partial charge in [0.25, 0.3) is 5.56 Å². The lowest BCUT2D eigenvalue weighted by molar-refractivity contribution is 0.379. The lowest BCUT2D eigenvalue weighted by atomic mass is 9.91. The Balaban J connectivity index is 2.24. The highest BCUT2D eigenvalue weighted by atomic mass is 16.1. The minimum absolute atomic E-state index is 0.147. The maximum Gasteiger partial charge on any atom is 0.250 e. The SMILES string of the molecule is CNC1CCCc2c1ccc(=O)n2CCCN(C)C. The van der Waals surface area contributed by atoms with Gasteiger partial charge in [-0.1, -0.05) is 6.07 Å². The molecule has 1 N–H and O–H groups in total. The van der Waals surface area contributed by atoms with Crippen LogP contribution < -0.4 is 10.9 Å². The third-order valence-electron chi connectivity index (χ3n) is 3.95. The van der Waals surface area contributed by atoms with E-state index in [1.165, 1.54) is 17.7 Å². The van der Waals surface area contributed by atoms with Crippen LogP contribution in [-0.4, -0.2) is 37.2 Å². The maximum atomic E-state index is 12.1. The van der Waals surface area contributed by atoms with Gasteiger partial charge in [-0.3, -0.25) is 4.79 Å². The van der Waals surface area contributed by atoms with Gasteiger partial charge < -0.3 is 14.8 Å². The summed E-state index contributed by atoms with van der Waals surface area (Å²) in [5, 5.41) is 3.36. The number of aromatic nitrogens is 1. The first-order valence-electron chi connectivity index (χ1n) is 7.18. The third kappa shape index (κ3) is 3.25. The van der Waals surface area contributed by atoms with E-state index in [4.69, 9.17) is 0 Å². The Labute approximate surface area is 115 Å². The number of fused-ring (bicyclic) bond motifs is 1. The number of pyridine rings is 1. The van der Waals surface area contributed by atoms with Gasteiger partial charge in [0.05, 0.1) is 0 Å². The fourth-order valence-corrected chi connectivity index (χ4v) is 2.95. The summed E-state index contributed by atoms with van der Waals surface area (Å²) in [7, 11) is 6.14. The Kier molecular flexibility index (Phi) is 4.77. The predicted molar refractivity (Wildman–Crippen MR) is 78.6 cm³/mol. The number of hydrogen-bond donors (Lipinski definition) is 1. The van der Waals surface area contributed by atoms with Gasteiger partial charge in [-0.15, -0.1) is 0 Å². The van der Waals surface area contributed by atoms with E-state index in [-0.39, 0.29) is 5.56 Å². The number of hydrogen-bond acceptors (Lipinski definition) is 3. The topological polar surface area (TPSA) is 37.3 Å². The molecule has 1 unspecified atom stereocenters. The van der Waals surface area contributed by atoms with Crippen LogP contribution in [-0.2, 0) is 13.0 Å². The molecule has 2 rings (SSSR count). The first-order valence-corrected chi connectivity index (χ1v) is 7.18. The Morgan fingerprint density at radius 3 is 2.89 bits per heavy atom. The van der Waals surface area contributed by atoms with Crippen LogP contribution in [0.5, 0.6) is 0 Å². The maximum absolute atomic E-state index is 12.1. The molecule has 1 atom stereocenters. The zero-order valence-electron chi connectivity index (χ0n) is 12.3. The Morgan fingerprint density at radius 2 is 2.21 bits per heavy atom. The molecule has 0 saturated carbocycles. The highest BCUT2D eigenvalue weighted by molar-refractivity contribution is 5.27. The molecular formula is C15H25N3O. The molecule has 0 aromatic carbocycles. The number of nitrogens with zero attached hydrogens (tertiary/aromatic N) is 2. The van der Waals surface area contributed by atoms with Gasteiger partial charge in [-0.2, -0.15) is 0 Å². The lowest BCUT2D eigenvalue weighted by Crippen LogP contribution is -2.31. The van der Waals surface area contributed by atoms with E-state index in [1.54, 1.807) is 6.07 Å². The third-order valence-corrected chi connectivity index (χ3v) is 3.95. The highest BCUT2D eigenvalue weighted by Gasteiger charge is 2.21. The van der Waals surface area contributed by atoms with Gasteiger partial charge in [0.1, 0.15) is 0 Å². The minimum Gasteiger partial charge on any atom is -0.313 e. The van der Waals surface area contributed by atoms with Crippen LogP contribution in [0.15, 0.2) is 16.9 Å². The molecule has 106 valence electrons. The molecule has 1 aliphatic rings. The molecular weight excluding hydrogens is 238 g/mol. The van der Waals surface area contributed by atoms with Gasteiger partial charge >= 0.3 is 0 Å². The first-order chi connectivity index (χ1) is 9.13. The van der Waals surface area contributed by atoms with Gasteiger partial charge in [0.2, 0.25) is 0 Å². The molecule has 0 amide bonds. The number of rotatable bonds is 5. The highest BCUT2D eigenvalue weighted by Crippen LogP contribution is 2.28. The van der Waals surface area contributed by atoms with Crippen molar-refractivity contribution in [3.8, 4) is 0 Å². The lowest BCUT2D eigenvalue weighted by Gasteiger charge is -2.27. The van der Waals surface area contributed by atoms with Crippen LogP contribution in [0.2, 0.25) is 0 Å². The van der Waals surface area contributed by atoms with Crippen molar-refractivity contribution in [3.05, 3.63) is 33.7 Å². The average molecular weight is 263 g/mol. The molecule has 0 saturated heterocycles. The van der Waals surface area contributed by atoms with E-state index >= 15 is 0 Å². The summed E-state index contributed by atoms with van der Waals surface area (Å²) in [6.07, 6.45) is 4.38. The molecule has 0 bridgehead atoms. The molecule has 19 heavy (non-hydrogen) atoms. The monoisotopic (exact) mass is 263 g/mol. The second-order valence-electron chi connectivity index (χ2n) is 5.62. The summed E-state index contributed by atoms with van der Waals surface area (Å²) in [6.45, 7) is 1.85. The molecule has 0 aliphatic heterocycles. The second kappa shape index (κ2) is 6.35. The van der Waals surface area contributed by atoms with E-state index in [9.17, 15) is 4.79 Å². The Bertz CT molecular complexity index is 479. The zero-order valence-corrected chi connectivity index (χ0v) is 12.3. The summed E-state index contributed by atoms with van der Waals surface area (Å²) in [6, 6.07) is 4.15. The van der Waals surface area contributed by atoms with Gasteiger partial charge in [-0.25, -0.2) is 0 Å². The molecule has 4 nitrogen and oxygen atoms in total. The van der Waals surface area contributed by atoms with Crippen molar-refractivity contribution >= 4 is 0 Å². The minimum atomic E-state index is 0.147. The van der Waals surface area contributed by atoms with Crippen molar-refractivity contribution in [2.45, 2.75) is 38.3 Å². The summed E-state index contributed by atoms with van der Waals surface area (Å²) in [4.78, 5) is 14.3. The number of nitrogens with one attached hydrogen (secondary N) is 1. The van der Waals surface area contributed by atoms with Gasteiger partial charge in [-0.05, 0) is 58.9 Å². The standard InChI is InChI=1S/C15H25N3O/c1-16-13-6-4-7-14-12(13)8-9-15(19)18(14)11-5-10-17(2)3/h8-9,13,16H,4-7,10-11H2,1-3H3. The second-order valence-corrected chi connectivity index (χ2v) is 5.62. The quantitative estimate of drug-likeness (QED) is 0.872. The summed E-state index contributed by atoms with van der Waals surface area (Å²) >= 11 is 0. The summed E-state index contributed by atoms with van der Waals surface area (Å²) in [5.74, 6) is 0. The van der Waals surface area contributed by atoms with Crippen molar-refractivity contribution in [1.82, 2.24) is 14.8 Å². The van der Waals surface area contributed by atoms with Gasteiger partial charge in [0, 0.05) is 24.3 Å². The molecule has 4 heteroatoms. The van der Waals surface area contributed by atoms with Crippen molar-refractivity contribution in [3.63, 3.8) is 0 Å². The smallest absolute Gasteiger partial charge is 0.250 e. The van der Waals surface area contributed by atoms with Crippen LogP contribution >= 0.6 is 0 Å². The van der Waals surface area contributed by atoms with E-state index in [0.717, 1.165) is 32.4 Å². The average Bonchev–Trinajstić information content (AvgIpc) is 2.40. The zero-order chi connectivity index (χ0) is 13.8. The first kappa shape index (κ1) is 14.3. The van der Waals surface area contributed by atoms with E-state index in [2.05, 4.69) is 24.3 Å².